The summed E-state index contributed by atoms with van der Waals surface area (Å²) >= 11 is 0. The minimum atomic E-state index is -0.333. The Morgan fingerprint density at radius 1 is 1.25 bits per heavy atom. The van der Waals surface area contributed by atoms with E-state index >= 15 is 0 Å². The Labute approximate surface area is 190 Å². The van der Waals surface area contributed by atoms with E-state index in [4.69, 9.17) is 9.47 Å². The molecule has 0 unspecified atom stereocenters. The molecule has 2 N–H and O–H groups in total. The number of fused-ring (bicyclic) bond motifs is 1. The van der Waals surface area contributed by atoms with E-state index in [0.29, 0.717) is 36.6 Å². The van der Waals surface area contributed by atoms with Crippen LogP contribution in [0.4, 0.5) is 10.5 Å². The summed E-state index contributed by atoms with van der Waals surface area (Å²) in [5, 5.41) is 5.50. The Bertz CT molecular complexity index is 816. The van der Waals surface area contributed by atoms with Crippen LogP contribution in [0, 0.1) is 5.92 Å². The van der Waals surface area contributed by atoms with Gasteiger partial charge in [0, 0.05) is 52.3 Å². The summed E-state index contributed by atoms with van der Waals surface area (Å²) in [5.74, 6) is 0.140. The van der Waals surface area contributed by atoms with E-state index < -0.39 is 0 Å². The first kappa shape index (κ1) is 25.5. The van der Waals surface area contributed by atoms with Crippen LogP contribution in [0.1, 0.15) is 44.5 Å². The number of benzene rings is 1. The van der Waals surface area contributed by atoms with Gasteiger partial charge >= 0.3 is 6.03 Å². The van der Waals surface area contributed by atoms with Crippen LogP contribution in [0.25, 0.3) is 0 Å². The van der Waals surface area contributed by atoms with Crippen molar-refractivity contribution in [3.05, 3.63) is 23.8 Å². The molecule has 32 heavy (non-hydrogen) atoms. The van der Waals surface area contributed by atoms with E-state index in [-0.39, 0.29) is 42.5 Å². The van der Waals surface area contributed by atoms with Gasteiger partial charge in [-0.3, -0.25) is 9.59 Å². The normalized spacial score (nSPS) is 22.2. The summed E-state index contributed by atoms with van der Waals surface area (Å²) in [7, 11) is 3.32. The summed E-state index contributed by atoms with van der Waals surface area (Å²) in [6.07, 6.45) is 0.575. The molecule has 9 nitrogen and oxygen atoms in total. The molecule has 3 atom stereocenters. The van der Waals surface area contributed by atoms with Gasteiger partial charge < -0.3 is 29.9 Å². The second-order valence-corrected chi connectivity index (χ2v) is 8.36. The lowest BCUT2D eigenvalue weighted by atomic mass is 10.0. The number of urea groups is 1. The predicted molar refractivity (Wildman–Crippen MR) is 123 cm³/mol. The second kappa shape index (κ2) is 11.7. The van der Waals surface area contributed by atoms with Gasteiger partial charge in [-0.05, 0) is 31.5 Å². The molecule has 9 heteroatoms. The highest BCUT2D eigenvalue weighted by atomic mass is 16.5. The van der Waals surface area contributed by atoms with E-state index in [9.17, 15) is 14.4 Å². The molecule has 0 aliphatic carbocycles. The molecule has 0 saturated carbocycles. The molecule has 1 aliphatic rings. The average Bonchev–Trinajstić information content (AvgIpc) is 2.76. The number of methoxy groups -OCH3 is 1. The molecule has 4 amide bonds. The number of carbonyl (C=O) groups excluding carboxylic acids is 3. The second-order valence-electron chi connectivity index (χ2n) is 8.36. The molecule has 0 radical (unpaired) electrons. The Morgan fingerprint density at radius 2 is 1.97 bits per heavy atom. The summed E-state index contributed by atoms with van der Waals surface area (Å²) in [5.41, 5.74) is 0.829. The molecule has 0 bridgehead atoms. The minimum Gasteiger partial charge on any atom is -0.491 e. The van der Waals surface area contributed by atoms with Crippen molar-refractivity contribution in [1.82, 2.24) is 15.1 Å². The fourth-order valence-corrected chi connectivity index (χ4v) is 3.71. The number of likely N-dealkylation sites (N-methyl/N-ethyl adjacent to an activating group) is 1. The zero-order valence-corrected chi connectivity index (χ0v) is 19.9. The number of nitrogens with zero attached hydrogens (tertiary/aromatic N) is 2. The first-order chi connectivity index (χ1) is 15.2. The SMILES string of the molecule is CCCNC(=O)Nc1ccc2c(c1)C(=O)N(C)C[C@H](OC)[C@H](C)CN(C(C)=O)[C@H](C)CO2. The van der Waals surface area contributed by atoms with Crippen molar-refractivity contribution in [2.45, 2.75) is 46.3 Å². The first-order valence-electron chi connectivity index (χ1n) is 11.0. The average molecular weight is 449 g/mol. The smallest absolute Gasteiger partial charge is 0.319 e. The highest BCUT2D eigenvalue weighted by Gasteiger charge is 2.29. The molecule has 1 aromatic rings. The Hall–Kier alpha value is -2.81. The van der Waals surface area contributed by atoms with Crippen LogP contribution >= 0.6 is 0 Å². The maximum atomic E-state index is 13.3. The van der Waals surface area contributed by atoms with E-state index in [0.717, 1.165) is 6.42 Å². The minimum absolute atomic E-state index is 0.00996. The van der Waals surface area contributed by atoms with Gasteiger partial charge in [0.05, 0.1) is 17.7 Å². The van der Waals surface area contributed by atoms with Crippen LogP contribution in [0.2, 0.25) is 0 Å². The van der Waals surface area contributed by atoms with E-state index in [2.05, 4.69) is 10.6 Å². The van der Waals surface area contributed by atoms with Crippen molar-refractivity contribution in [3.8, 4) is 5.75 Å². The predicted octanol–water partition coefficient (Wildman–Crippen LogP) is 2.57. The number of hydrogen-bond donors (Lipinski definition) is 2. The number of hydrogen-bond acceptors (Lipinski definition) is 5. The van der Waals surface area contributed by atoms with Gasteiger partial charge in [0.2, 0.25) is 5.91 Å². The zero-order valence-electron chi connectivity index (χ0n) is 19.9. The van der Waals surface area contributed by atoms with Crippen LogP contribution in [0.15, 0.2) is 18.2 Å². The summed E-state index contributed by atoms with van der Waals surface area (Å²) < 4.78 is 11.6. The Kier molecular flexibility index (Phi) is 9.31. The van der Waals surface area contributed by atoms with E-state index in [1.54, 1.807) is 49.1 Å². The molecule has 178 valence electrons. The van der Waals surface area contributed by atoms with Gasteiger partial charge in [-0.15, -0.1) is 0 Å². The van der Waals surface area contributed by atoms with Crippen molar-refractivity contribution >= 4 is 23.5 Å². The monoisotopic (exact) mass is 448 g/mol. The zero-order chi connectivity index (χ0) is 23.8. The number of rotatable bonds is 4. The third-order valence-corrected chi connectivity index (χ3v) is 5.64. The first-order valence-corrected chi connectivity index (χ1v) is 11.0. The highest BCUT2D eigenvalue weighted by molar-refractivity contribution is 5.99. The van der Waals surface area contributed by atoms with Gasteiger partial charge in [0.25, 0.3) is 5.91 Å². The molecule has 1 aromatic carbocycles. The largest absolute Gasteiger partial charge is 0.491 e. The van der Waals surface area contributed by atoms with Crippen molar-refractivity contribution in [2.24, 2.45) is 5.92 Å². The number of anilines is 1. The molecule has 0 fully saturated rings. The number of carbonyl (C=O) groups is 3. The molecule has 1 aliphatic heterocycles. The molecular formula is C23H36N4O5. The lowest BCUT2D eigenvalue weighted by Crippen LogP contribution is -2.48. The van der Waals surface area contributed by atoms with Gasteiger partial charge in [0.1, 0.15) is 12.4 Å². The van der Waals surface area contributed by atoms with Crippen molar-refractivity contribution < 1.29 is 23.9 Å². The molecule has 2 rings (SSSR count). The molecule has 0 spiro atoms. The van der Waals surface area contributed by atoms with Crippen LogP contribution < -0.4 is 15.4 Å². The molecule has 0 aromatic heterocycles. The maximum absolute atomic E-state index is 13.3. The van der Waals surface area contributed by atoms with E-state index in [1.165, 1.54) is 0 Å². The summed E-state index contributed by atoms with van der Waals surface area (Å²) in [4.78, 5) is 41.0. The summed E-state index contributed by atoms with van der Waals surface area (Å²) in [6, 6.07) is 4.45. The highest BCUT2D eigenvalue weighted by Crippen LogP contribution is 2.26. The van der Waals surface area contributed by atoms with Gasteiger partial charge in [-0.25, -0.2) is 4.79 Å². The fraction of sp³-hybridized carbons (Fsp3) is 0.609. The van der Waals surface area contributed by atoms with Crippen molar-refractivity contribution in [1.29, 1.82) is 0 Å². The third kappa shape index (κ3) is 6.59. The topological polar surface area (TPSA) is 100 Å². The molecule has 1 heterocycles. The fourth-order valence-electron chi connectivity index (χ4n) is 3.71. The van der Waals surface area contributed by atoms with Gasteiger partial charge in [-0.2, -0.15) is 0 Å². The maximum Gasteiger partial charge on any atom is 0.319 e. The number of ether oxygens (including phenoxy) is 2. The molecular weight excluding hydrogens is 412 g/mol. The van der Waals surface area contributed by atoms with Gasteiger partial charge in [-0.1, -0.05) is 13.8 Å². The van der Waals surface area contributed by atoms with Crippen molar-refractivity contribution in [2.75, 3.05) is 45.7 Å². The standard InChI is InChI=1S/C23H36N4O5/c1-7-10-24-23(30)25-18-8-9-20-19(11-18)22(29)26(5)13-21(31-6)15(2)12-27(17(4)28)16(3)14-32-20/h8-9,11,15-16,21H,7,10,12-14H2,1-6H3,(H2,24,25,30)/t15-,16-,21+/m1/s1. The van der Waals surface area contributed by atoms with Gasteiger partial charge in [0.15, 0.2) is 0 Å². The summed E-state index contributed by atoms with van der Waals surface area (Å²) in [6.45, 7) is 9.09. The van der Waals surface area contributed by atoms with Crippen LogP contribution in [-0.4, -0.2) is 80.2 Å². The van der Waals surface area contributed by atoms with Crippen molar-refractivity contribution in [3.63, 3.8) is 0 Å². The lowest BCUT2D eigenvalue weighted by molar-refractivity contribution is -0.133. The molecule has 0 saturated heterocycles. The third-order valence-electron chi connectivity index (χ3n) is 5.64. The number of amides is 4. The lowest BCUT2D eigenvalue weighted by Gasteiger charge is -2.35. The Morgan fingerprint density at radius 3 is 2.59 bits per heavy atom. The number of nitrogens with one attached hydrogen (secondary N) is 2. The van der Waals surface area contributed by atoms with Crippen LogP contribution in [-0.2, 0) is 9.53 Å². The van der Waals surface area contributed by atoms with Crippen LogP contribution in [0.3, 0.4) is 0 Å². The quantitative estimate of drug-likeness (QED) is 0.737. The van der Waals surface area contributed by atoms with Crippen LogP contribution in [0.5, 0.6) is 5.75 Å². The Balaban J connectivity index is 2.38. The van der Waals surface area contributed by atoms with E-state index in [1.807, 2.05) is 20.8 Å².